The van der Waals surface area contributed by atoms with E-state index in [-0.39, 0.29) is 13.2 Å². The quantitative estimate of drug-likeness (QED) is 0.393. The lowest BCUT2D eigenvalue weighted by molar-refractivity contribution is 0.103. The van der Waals surface area contributed by atoms with Gasteiger partial charge >= 0.3 is 0 Å². The van der Waals surface area contributed by atoms with E-state index in [0.29, 0.717) is 18.8 Å². The summed E-state index contributed by atoms with van der Waals surface area (Å²) in [7, 11) is 0. The molecule has 0 heterocycles. The van der Waals surface area contributed by atoms with Gasteiger partial charge in [-0.3, -0.25) is 0 Å². The molecule has 3 heteroatoms. The van der Waals surface area contributed by atoms with Gasteiger partial charge in [0.05, 0.1) is 26.4 Å². The minimum absolute atomic E-state index is 0.0126. The topological polar surface area (TPSA) is 49.7 Å². The molecule has 0 radical (unpaired) electrons. The largest absolute Gasteiger partial charge is 0.394 e. The highest BCUT2D eigenvalue weighted by atomic mass is 16.5. The van der Waals surface area contributed by atoms with Crippen LogP contribution in [0.1, 0.15) is 0 Å². The number of rotatable bonds is 5. The summed E-state index contributed by atoms with van der Waals surface area (Å²) in [6.07, 6.45) is 0. The maximum atomic E-state index is 8.39. The third-order valence-electron chi connectivity index (χ3n) is 0.765. The number of hydrogen-bond acceptors (Lipinski definition) is 3. The van der Waals surface area contributed by atoms with Crippen LogP contribution in [0.3, 0.4) is 0 Å². The van der Waals surface area contributed by atoms with Crippen molar-refractivity contribution in [1.82, 2.24) is 0 Å². The first-order chi connectivity index (χ1) is 4.31. The first-order valence-corrected chi connectivity index (χ1v) is 2.77. The average Bonchev–Trinajstić information content (AvgIpc) is 1.89. The molecule has 0 saturated heterocycles. The van der Waals surface area contributed by atoms with Crippen molar-refractivity contribution in [2.75, 3.05) is 26.4 Å². The Bertz CT molecular complexity index is 80.4. The fourth-order valence-corrected chi connectivity index (χ4v) is 0.327. The summed E-state index contributed by atoms with van der Waals surface area (Å²) < 4.78 is 4.83. The fourth-order valence-electron chi connectivity index (χ4n) is 0.327. The van der Waals surface area contributed by atoms with Crippen molar-refractivity contribution in [3.05, 3.63) is 12.2 Å². The molecule has 0 aliphatic carbocycles. The lowest BCUT2D eigenvalue weighted by atomic mass is 10.3. The molecule has 0 amide bonds. The van der Waals surface area contributed by atoms with Gasteiger partial charge in [-0.25, -0.2) is 0 Å². The highest BCUT2D eigenvalue weighted by Crippen LogP contribution is 1.87. The van der Waals surface area contributed by atoms with Crippen LogP contribution in [0.4, 0.5) is 0 Å². The van der Waals surface area contributed by atoms with E-state index in [2.05, 4.69) is 6.58 Å². The van der Waals surface area contributed by atoms with E-state index >= 15 is 0 Å². The Hall–Kier alpha value is -0.380. The van der Waals surface area contributed by atoms with E-state index in [1.54, 1.807) is 0 Å². The Kier molecular flexibility index (Phi) is 5.51. The Morgan fingerprint density at radius 2 is 2.11 bits per heavy atom. The van der Waals surface area contributed by atoms with Crippen LogP contribution in [0.15, 0.2) is 12.2 Å². The normalized spacial score (nSPS) is 9.56. The van der Waals surface area contributed by atoms with Crippen LogP contribution in [0.2, 0.25) is 0 Å². The lowest BCUT2D eigenvalue weighted by Gasteiger charge is -2.00. The van der Waals surface area contributed by atoms with E-state index in [1.807, 2.05) is 0 Å². The van der Waals surface area contributed by atoms with Crippen molar-refractivity contribution >= 4 is 0 Å². The summed E-state index contributed by atoms with van der Waals surface area (Å²) in [5.41, 5.74) is 0.628. The van der Waals surface area contributed by atoms with Crippen molar-refractivity contribution in [3.63, 3.8) is 0 Å². The number of ether oxygens (including phenoxy) is 1. The highest BCUT2D eigenvalue weighted by molar-refractivity contribution is 4.93. The first-order valence-electron chi connectivity index (χ1n) is 2.77. The molecule has 0 spiro atoms. The summed E-state index contributed by atoms with van der Waals surface area (Å²) in [5.74, 6) is 0. The van der Waals surface area contributed by atoms with Crippen molar-refractivity contribution in [2.45, 2.75) is 0 Å². The summed E-state index contributed by atoms with van der Waals surface area (Å²) >= 11 is 0. The predicted molar refractivity (Wildman–Crippen MR) is 34.1 cm³/mol. The second kappa shape index (κ2) is 5.75. The van der Waals surface area contributed by atoms with Crippen LogP contribution in [0.5, 0.6) is 0 Å². The number of hydrogen-bond donors (Lipinski definition) is 2. The molecule has 0 bridgehead atoms. The van der Waals surface area contributed by atoms with Crippen molar-refractivity contribution in [1.29, 1.82) is 0 Å². The van der Waals surface area contributed by atoms with Gasteiger partial charge in [-0.15, -0.1) is 0 Å². The summed E-state index contributed by atoms with van der Waals surface area (Å²) in [6.45, 7) is 4.09. The van der Waals surface area contributed by atoms with Crippen molar-refractivity contribution < 1.29 is 14.9 Å². The van der Waals surface area contributed by atoms with Gasteiger partial charge in [0.25, 0.3) is 0 Å². The summed E-state index contributed by atoms with van der Waals surface area (Å²) in [4.78, 5) is 0. The van der Waals surface area contributed by atoms with Gasteiger partial charge in [0.1, 0.15) is 0 Å². The zero-order valence-electron chi connectivity index (χ0n) is 5.34. The molecule has 2 N–H and O–H groups in total. The molecule has 0 aromatic carbocycles. The van der Waals surface area contributed by atoms with Crippen molar-refractivity contribution in [2.24, 2.45) is 0 Å². The molecule has 0 unspecified atom stereocenters. The monoisotopic (exact) mass is 132 g/mol. The molecule has 9 heavy (non-hydrogen) atoms. The van der Waals surface area contributed by atoms with Crippen LogP contribution in [-0.4, -0.2) is 36.6 Å². The molecular formula is C6H12O3. The Balaban J connectivity index is 2.97. The number of aliphatic hydroxyl groups excluding tert-OH is 2. The van der Waals surface area contributed by atoms with Crippen LogP contribution in [-0.2, 0) is 4.74 Å². The van der Waals surface area contributed by atoms with E-state index in [1.165, 1.54) is 0 Å². The molecule has 0 atom stereocenters. The second-order valence-electron chi connectivity index (χ2n) is 1.68. The zero-order chi connectivity index (χ0) is 7.11. The van der Waals surface area contributed by atoms with Crippen LogP contribution in [0.25, 0.3) is 0 Å². The fraction of sp³-hybridized carbons (Fsp3) is 0.667. The average molecular weight is 132 g/mol. The predicted octanol–water partition coefficient (Wildman–Crippen LogP) is -0.456. The molecule has 3 nitrogen and oxygen atoms in total. The standard InChI is InChI=1S/C6H12O3/c1-6(4-8)5-9-3-2-7/h7-8H,1-5H2. The van der Waals surface area contributed by atoms with Crippen LogP contribution < -0.4 is 0 Å². The molecule has 54 valence electrons. The summed E-state index contributed by atoms with van der Waals surface area (Å²) in [6, 6.07) is 0. The van der Waals surface area contributed by atoms with Crippen molar-refractivity contribution in [3.8, 4) is 0 Å². The van der Waals surface area contributed by atoms with Gasteiger partial charge in [-0.2, -0.15) is 0 Å². The first kappa shape index (κ1) is 8.62. The molecule has 0 fully saturated rings. The van der Waals surface area contributed by atoms with Gasteiger partial charge in [0.2, 0.25) is 0 Å². The zero-order valence-corrected chi connectivity index (χ0v) is 5.34. The molecule has 0 aliphatic heterocycles. The molecule has 0 saturated carbocycles. The third kappa shape index (κ3) is 5.49. The smallest absolute Gasteiger partial charge is 0.0702 e. The SMILES string of the molecule is C=C(CO)COCCO. The Morgan fingerprint density at radius 3 is 2.56 bits per heavy atom. The summed E-state index contributed by atoms with van der Waals surface area (Å²) in [5, 5.41) is 16.6. The highest BCUT2D eigenvalue weighted by Gasteiger charge is 1.89. The maximum absolute atomic E-state index is 8.39. The van der Waals surface area contributed by atoms with E-state index < -0.39 is 0 Å². The van der Waals surface area contributed by atoms with Gasteiger partial charge in [-0.1, -0.05) is 6.58 Å². The van der Waals surface area contributed by atoms with Gasteiger partial charge in [0, 0.05) is 0 Å². The third-order valence-corrected chi connectivity index (χ3v) is 0.765. The van der Waals surface area contributed by atoms with E-state index in [9.17, 15) is 0 Å². The molecule has 0 aliphatic rings. The maximum Gasteiger partial charge on any atom is 0.0702 e. The van der Waals surface area contributed by atoms with Crippen LogP contribution >= 0.6 is 0 Å². The van der Waals surface area contributed by atoms with Crippen LogP contribution in [0, 0.1) is 0 Å². The molecule has 0 rings (SSSR count). The Labute approximate surface area is 54.6 Å². The molecular weight excluding hydrogens is 120 g/mol. The Morgan fingerprint density at radius 1 is 1.44 bits per heavy atom. The van der Waals surface area contributed by atoms with Gasteiger partial charge < -0.3 is 14.9 Å². The van der Waals surface area contributed by atoms with Gasteiger partial charge in [0.15, 0.2) is 0 Å². The molecule has 0 aromatic rings. The minimum atomic E-state index is -0.0502. The molecule has 0 aromatic heterocycles. The van der Waals surface area contributed by atoms with E-state index in [0.717, 1.165) is 0 Å². The van der Waals surface area contributed by atoms with E-state index in [4.69, 9.17) is 14.9 Å². The second-order valence-corrected chi connectivity index (χ2v) is 1.68. The van der Waals surface area contributed by atoms with Gasteiger partial charge in [-0.05, 0) is 5.57 Å². The minimum Gasteiger partial charge on any atom is -0.394 e. The number of aliphatic hydroxyl groups is 2. The lowest BCUT2D eigenvalue weighted by Crippen LogP contribution is -2.04.